The predicted molar refractivity (Wildman–Crippen MR) is 106 cm³/mol. The van der Waals surface area contributed by atoms with Gasteiger partial charge < -0.3 is 0 Å². The Kier molecular flexibility index (Phi) is 4.80. The highest BCUT2D eigenvalue weighted by Gasteiger charge is 2.26. The summed E-state index contributed by atoms with van der Waals surface area (Å²) in [6, 6.07) is 4.03. The minimum absolute atomic E-state index is 0.00269. The zero-order chi connectivity index (χ0) is 17.4. The van der Waals surface area contributed by atoms with Crippen LogP contribution in [0, 0.1) is 0 Å². The first-order valence-corrected chi connectivity index (χ1v) is 11.1. The molecule has 130 valence electrons. The highest BCUT2D eigenvalue weighted by atomic mass is 32.2. The lowest BCUT2D eigenvalue weighted by Crippen LogP contribution is -2.26. The van der Waals surface area contributed by atoms with Gasteiger partial charge in [0.2, 0.25) is 0 Å². The third kappa shape index (κ3) is 3.09. The van der Waals surface area contributed by atoms with Gasteiger partial charge in [-0.1, -0.05) is 24.2 Å². The second-order valence-corrected chi connectivity index (χ2v) is 9.04. The van der Waals surface area contributed by atoms with Crippen molar-refractivity contribution in [1.29, 1.82) is 0 Å². The molecule has 1 aliphatic carbocycles. The van der Waals surface area contributed by atoms with Crippen molar-refractivity contribution in [3.8, 4) is 10.4 Å². The van der Waals surface area contributed by atoms with Gasteiger partial charge in [-0.2, -0.15) is 0 Å². The molecule has 1 aliphatic rings. The standard InChI is InChI=1S/C18H18N2O2S3/c1-2-20-17(22)15-11(13-8-5-9-23-13)10-24-16(15)19-18(20)25-14-7-4-3-6-12(14)21/h5,8-10,14H,2-4,6-7H2,1H3. The van der Waals surface area contributed by atoms with Crippen molar-refractivity contribution in [2.45, 2.75) is 49.6 Å². The van der Waals surface area contributed by atoms with Crippen molar-refractivity contribution >= 4 is 50.4 Å². The number of hydrogen-bond acceptors (Lipinski definition) is 6. The summed E-state index contributed by atoms with van der Waals surface area (Å²) >= 11 is 4.61. The van der Waals surface area contributed by atoms with Crippen LogP contribution in [0.1, 0.15) is 32.6 Å². The van der Waals surface area contributed by atoms with Crippen molar-refractivity contribution < 1.29 is 4.79 Å². The number of ketones is 1. The van der Waals surface area contributed by atoms with E-state index in [2.05, 4.69) is 0 Å². The van der Waals surface area contributed by atoms with Crippen LogP contribution in [0.5, 0.6) is 0 Å². The Hall–Kier alpha value is -1.44. The van der Waals surface area contributed by atoms with Gasteiger partial charge in [0.15, 0.2) is 5.16 Å². The van der Waals surface area contributed by atoms with Gasteiger partial charge in [0.05, 0.1) is 10.6 Å². The molecule has 3 aromatic heterocycles. The lowest BCUT2D eigenvalue weighted by molar-refractivity contribution is -0.119. The summed E-state index contributed by atoms with van der Waals surface area (Å²) in [4.78, 5) is 31.9. The number of thiophene rings is 2. The van der Waals surface area contributed by atoms with E-state index in [4.69, 9.17) is 4.98 Å². The smallest absolute Gasteiger partial charge is 0.263 e. The third-order valence-corrected chi connectivity index (χ3v) is 7.59. The number of hydrogen-bond donors (Lipinski definition) is 0. The molecule has 0 saturated heterocycles. The van der Waals surface area contributed by atoms with Crippen LogP contribution < -0.4 is 5.56 Å². The third-order valence-electron chi connectivity index (χ3n) is 4.51. The van der Waals surface area contributed by atoms with Gasteiger partial charge in [0, 0.05) is 28.8 Å². The Morgan fingerprint density at radius 1 is 1.32 bits per heavy atom. The van der Waals surface area contributed by atoms with E-state index in [-0.39, 0.29) is 10.8 Å². The zero-order valence-corrected chi connectivity index (χ0v) is 16.3. The van der Waals surface area contributed by atoms with Gasteiger partial charge in [-0.25, -0.2) is 4.98 Å². The Labute approximate surface area is 157 Å². The molecule has 0 aromatic carbocycles. The number of aromatic nitrogens is 2. The summed E-state index contributed by atoms with van der Waals surface area (Å²) in [5.74, 6) is 0.290. The number of fused-ring (bicyclic) bond motifs is 1. The summed E-state index contributed by atoms with van der Waals surface area (Å²) in [6.07, 6.45) is 3.59. The number of Topliss-reactive ketones (excluding diaryl/α,β-unsaturated/α-hetero) is 1. The van der Waals surface area contributed by atoms with Crippen LogP contribution in [0.25, 0.3) is 20.7 Å². The van der Waals surface area contributed by atoms with Crippen LogP contribution in [0.2, 0.25) is 0 Å². The quantitative estimate of drug-likeness (QED) is 0.600. The second kappa shape index (κ2) is 7.05. The molecule has 25 heavy (non-hydrogen) atoms. The van der Waals surface area contributed by atoms with E-state index in [1.807, 2.05) is 29.8 Å². The number of carbonyl (C=O) groups excluding carboxylic acids is 1. The molecule has 0 aliphatic heterocycles. The molecular weight excluding hydrogens is 372 g/mol. The zero-order valence-electron chi connectivity index (χ0n) is 13.9. The molecule has 3 heterocycles. The van der Waals surface area contributed by atoms with E-state index in [9.17, 15) is 9.59 Å². The minimum atomic E-state index is -0.0624. The fourth-order valence-electron chi connectivity index (χ4n) is 3.19. The van der Waals surface area contributed by atoms with Gasteiger partial charge in [0.25, 0.3) is 5.56 Å². The van der Waals surface area contributed by atoms with Crippen LogP contribution >= 0.6 is 34.4 Å². The van der Waals surface area contributed by atoms with Crippen molar-refractivity contribution in [3.05, 3.63) is 33.2 Å². The van der Waals surface area contributed by atoms with Gasteiger partial charge in [-0.3, -0.25) is 14.2 Å². The summed E-state index contributed by atoms with van der Waals surface area (Å²) in [6.45, 7) is 2.52. The maximum atomic E-state index is 13.1. The number of rotatable bonds is 4. The Bertz CT molecular complexity index is 972. The first-order chi connectivity index (χ1) is 12.2. The SMILES string of the molecule is CCn1c(SC2CCCCC2=O)nc2scc(-c3cccs3)c2c1=O. The van der Waals surface area contributed by atoms with Crippen LogP contribution in [0.15, 0.2) is 32.8 Å². The van der Waals surface area contributed by atoms with E-state index < -0.39 is 0 Å². The van der Waals surface area contributed by atoms with E-state index in [1.165, 1.54) is 23.1 Å². The van der Waals surface area contributed by atoms with Crippen LogP contribution in [0.3, 0.4) is 0 Å². The lowest BCUT2D eigenvalue weighted by atomic mass is 9.99. The molecule has 1 unspecified atom stereocenters. The molecule has 0 N–H and O–H groups in total. The molecule has 1 fully saturated rings. The molecule has 0 spiro atoms. The molecule has 7 heteroatoms. The Morgan fingerprint density at radius 3 is 2.92 bits per heavy atom. The molecule has 1 atom stereocenters. The van der Waals surface area contributed by atoms with Gasteiger partial charge in [0.1, 0.15) is 10.6 Å². The normalized spacial score (nSPS) is 18.1. The van der Waals surface area contributed by atoms with E-state index in [0.717, 1.165) is 34.5 Å². The molecule has 1 saturated carbocycles. The van der Waals surface area contributed by atoms with Crippen molar-refractivity contribution in [1.82, 2.24) is 9.55 Å². The molecular formula is C18H18N2O2S3. The Balaban J connectivity index is 1.81. The maximum absolute atomic E-state index is 13.1. The molecule has 0 bridgehead atoms. The number of carbonyl (C=O) groups is 1. The highest BCUT2D eigenvalue weighted by molar-refractivity contribution is 8.00. The van der Waals surface area contributed by atoms with Crippen molar-refractivity contribution in [2.75, 3.05) is 0 Å². The van der Waals surface area contributed by atoms with Gasteiger partial charge in [-0.15, -0.1) is 22.7 Å². The number of nitrogens with zero attached hydrogens (tertiary/aromatic N) is 2. The molecule has 4 rings (SSSR count). The Morgan fingerprint density at radius 2 is 2.20 bits per heavy atom. The largest absolute Gasteiger partial charge is 0.298 e. The van der Waals surface area contributed by atoms with Crippen LogP contribution in [-0.2, 0) is 11.3 Å². The second-order valence-electron chi connectivity index (χ2n) is 6.07. The first-order valence-electron chi connectivity index (χ1n) is 8.44. The van der Waals surface area contributed by atoms with Gasteiger partial charge >= 0.3 is 0 Å². The topological polar surface area (TPSA) is 52.0 Å². The summed E-state index contributed by atoms with van der Waals surface area (Å²) < 4.78 is 1.72. The lowest BCUT2D eigenvalue weighted by Gasteiger charge is -2.20. The maximum Gasteiger partial charge on any atom is 0.263 e. The first kappa shape index (κ1) is 17.0. The van der Waals surface area contributed by atoms with Crippen LogP contribution in [-0.4, -0.2) is 20.6 Å². The van der Waals surface area contributed by atoms with Crippen molar-refractivity contribution in [3.63, 3.8) is 0 Å². The predicted octanol–water partition coefficient (Wildman–Crippen LogP) is 4.81. The van der Waals surface area contributed by atoms with E-state index >= 15 is 0 Å². The highest BCUT2D eigenvalue weighted by Crippen LogP contribution is 2.36. The van der Waals surface area contributed by atoms with Crippen LogP contribution in [0.4, 0.5) is 0 Å². The minimum Gasteiger partial charge on any atom is -0.298 e. The van der Waals surface area contributed by atoms with E-state index in [1.54, 1.807) is 15.9 Å². The summed E-state index contributed by atoms with van der Waals surface area (Å²) in [5, 5.41) is 5.36. The average molecular weight is 391 g/mol. The van der Waals surface area contributed by atoms with Gasteiger partial charge in [-0.05, 0) is 31.2 Å². The fourth-order valence-corrected chi connectivity index (χ4v) is 6.27. The molecule has 3 aromatic rings. The summed E-state index contributed by atoms with van der Waals surface area (Å²) in [5.41, 5.74) is 0.975. The molecule has 4 nitrogen and oxygen atoms in total. The molecule has 0 amide bonds. The monoisotopic (exact) mass is 390 g/mol. The van der Waals surface area contributed by atoms with E-state index in [0.29, 0.717) is 29.3 Å². The fraction of sp³-hybridized carbons (Fsp3) is 0.389. The van der Waals surface area contributed by atoms with Crippen molar-refractivity contribution in [2.24, 2.45) is 0 Å². The summed E-state index contributed by atoms with van der Waals surface area (Å²) in [7, 11) is 0. The average Bonchev–Trinajstić information content (AvgIpc) is 3.26. The number of thioether (sulfide) groups is 1. The molecule has 0 radical (unpaired) electrons.